The van der Waals surface area contributed by atoms with Crippen LogP contribution in [0.25, 0.3) is 0 Å². The van der Waals surface area contributed by atoms with E-state index in [9.17, 15) is 17.9 Å². The number of hydrogen-bond acceptors (Lipinski definition) is 8. The fraction of sp³-hybridized carbons (Fsp3) is 0.444. The number of nitrogens with one attached hydrogen (secondary N) is 1. The lowest BCUT2D eigenvalue weighted by molar-refractivity contribution is 0.0518. The van der Waals surface area contributed by atoms with Crippen LogP contribution in [0.3, 0.4) is 0 Å². The molecule has 0 aliphatic carbocycles. The number of halogens is 1. The topological polar surface area (TPSA) is 125 Å². The molecule has 1 aromatic heterocycles. The van der Waals surface area contributed by atoms with Crippen molar-refractivity contribution in [3.8, 4) is 5.88 Å². The predicted octanol–water partition coefficient (Wildman–Crippen LogP) is 1.25. The van der Waals surface area contributed by atoms with Crippen LogP contribution < -0.4 is 9.46 Å². The first-order valence-electron chi connectivity index (χ1n) is 9.21. The lowest BCUT2D eigenvalue weighted by atomic mass is 10.1. The first kappa shape index (κ1) is 22.7. The highest BCUT2D eigenvalue weighted by molar-refractivity contribution is 7.98. The smallest absolute Gasteiger partial charge is 0.302 e. The summed E-state index contributed by atoms with van der Waals surface area (Å²) < 4.78 is 47.1. The van der Waals surface area contributed by atoms with Crippen molar-refractivity contribution in [3.63, 3.8) is 0 Å². The normalized spacial score (nSPS) is 16.1. The van der Waals surface area contributed by atoms with Crippen molar-refractivity contribution in [2.45, 2.75) is 23.9 Å². The van der Waals surface area contributed by atoms with Crippen molar-refractivity contribution >= 4 is 27.8 Å². The van der Waals surface area contributed by atoms with Crippen molar-refractivity contribution < 1.29 is 27.8 Å². The summed E-state index contributed by atoms with van der Waals surface area (Å²) in [6.45, 7) is 2.12. The van der Waals surface area contributed by atoms with E-state index in [2.05, 4.69) is 14.7 Å². The largest absolute Gasteiger partial charge is 0.475 e. The number of rotatable bonds is 10. The fourth-order valence-electron chi connectivity index (χ4n) is 2.59. The van der Waals surface area contributed by atoms with Crippen LogP contribution in [0, 0.1) is 11.7 Å². The Kier molecular flexibility index (Phi) is 7.47. The molecular weight excluding hydrogens is 435 g/mol. The monoisotopic (exact) mass is 458 g/mol. The molecule has 3 rings (SSSR count). The molecule has 9 nitrogen and oxygen atoms in total. The van der Waals surface area contributed by atoms with Gasteiger partial charge in [-0.05, 0) is 23.6 Å². The molecule has 2 aromatic rings. The van der Waals surface area contributed by atoms with Crippen LogP contribution in [0.2, 0.25) is 0 Å². The minimum atomic E-state index is -3.75. The van der Waals surface area contributed by atoms with E-state index in [0.29, 0.717) is 24.8 Å². The van der Waals surface area contributed by atoms with E-state index in [1.54, 1.807) is 12.1 Å². The Morgan fingerprint density at radius 3 is 2.67 bits per heavy atom. The van der Waals surface area contributed by atoms with Crippen molar-refractivity contribution in [2.24, 2.45) is 5.92 Å². The van der Waals surface area contributed by atoms with Gasteiger partial charge in [-0.25, -0.2) is 9.37 Å². The van der Waals surface area contributed by atoms with Gasteiger partial charge in [-0.3, -0.25) is 4.72 Å². The SMILES string of the molecule is CC1CN(S(=O)(=O)Nc2cc(OC[C@@H](O)CO)nc(SCc3ccc(F)cc3)n2)C1. The Morgan fingerprint density at radius 2 is 2.03 bits per heavy atom. The molecule has 3 N–H and O–H groups in total. The Labute approximate surface area is 178 Å². The molecule has 1 aliphatic heterocycles. The number of hydrogen-bond donors (Lipinski definition) is 3. The molecule has 2 heterocycles. The average Bonchev–Trinajstić information content (AvgIpc) is 2.68. The quantitative estimate of drug-likeness (QED) is 0.359. The Bertz CT molecular complexity index is 956. The summed E-state index contributed by atoms with van der Waals surface area (Å²) in [5.74, 6) is 0.467. The molecule has 30 heavy (non-hydrogen) atoms. The maximum absolute atomic E-state index is 13.1. The molecule has 1 aromatic carbocycles. The number of ether oxygens (including phenoxy) is 1. The van der Waals surface area contributed by atoms with E-state index >= 15 is 0 Å². The van der Waals surface area contributed by atoms with Gasteiger partial charge in [0.05, 0.1) is 6.61 Å². The van der Waals surface area contributed by atoms with Crippen LogP contribution in [0.15, 0.2) is 35.5 Å². The van der Waals surface area contributed by atoms with E-state index < -0.39 is 22.9 Å². The predicted molar refractivity (Wildman–Crippen MR) is 110 cm³/mol. The summed E-state index contributed by atoms with van der Waals surface area (Å²) in [5.41, 5.74) is 0.837. The molecule has 1 fully saturated rings. The maximum Gasteiger partial charge on any atom is 0.302 e. The van der Waals surface area contributed by atoms with Crippen molar-refractivity contribution in [1.82, 2.24) is 14.3 Å². The van der Waals surface area contributed by atoms with Gasteiger partial charge in [0.2, 0.25) is 5.88 Å². The third-order valence-corrected chi connectivity index (χ3v) is 6.57. The number of aliphatic hydroxyl groups is 2. The Morgan fingerprint density at radius 1 is 1.33 bits per heavy atom. The second-order valence-electron chi connectivity index (χ2n) is 6.97. The highest BCUT2D eigenvalue weighted by Crippen LogP contribution is 2.26. The maximum atomic E-state index is 13.1. The van der Waals surface area contributed by atoms with E-state index in [1.807, 2.05) is 6.92 Å². The van der Waals surface area contributed by atoms with Gasteiger partial charge in [-0.1, -0.05) is 30.8 Å². The molecule has 12 heteroatoms. The van der Waals surface area contributed by atoms with E-state index in [-0.39, 0.29) is 29.3 Å². The van der Waals surface area contributed by atoms with Crippen LogP contribution >= 0.6 is 11.8 Å². The zero-order valence-corrected chi connectivity index (χ0v) is 17.9. The van der Waals surface area contributed by atoms with E-state index in [0.717, 1.165) is 5.56 Å². The molecular formula is C18H23FN4O5S2. The van der Waals surface area contributed by atoms with Crippen molar-refractivity contribution in [1.29, 1.82) is 0 Å². The number of nitrogens with zero attached hydrogens (tertiary/aromatic N) is 3. The van der Waals surface area contributed by atoms with Gasteiger partial charge in [0.15, 0.2) is 5.16 Å². The summed E-state index contributed by atoms with van der Waals surface area (Å²) >= 11 is 1.22. The molecule has 0 unspecified atom stereocenters. The number of aromatic nitrogens is 2. The standard InChI is InChI=1S/C18H23FN4O5S2/c1-12-7-23(8-12)30(26,27)22-16-6-17(28-10-15(25)9-24)21-18(20-16)29-11-13-2-4-14(19)5-3-13/h2-6,12,15,24-25H,7-11H2,1H3,(H,20,21,22)/t15-/m0/s1. The third kappa shape index (κ3) is 6.25. The van der Waals surface area contributed by atoms with Gasteiger partial charge in [-0.15, -0.1) is 0 Å². The minimum Gasteiger partial charge on any atom is -0.475 e. The van der Waals surface area contributed by atoms with Crippen molar-refractivity contribution in [3.05, 3.63) is 41.7 Å². The van der Waals surface area contributed by atoms with Crippen LogP contribution in [-0.2, 0) is 16.0 Å². The molecule has 0 amide bonds. The van der Waals surface area contributed by atoms with Gasteiger partial charge in [0.1, 0.15) is 24.3 Å². The van der Waals surface area contributed by atoms with Crippen LogP contribution in [0.1, 0.15) is 12.5 Å². The van der Waals surface area contributed by atoms with Crippen LogP contribution in [0.4, 0.5) is 10.2 Å². The second-order valence-corrected chi connectivity index (χ2v) is 9.58. The van der Waals surface area contributed by atoms with Crippen LogP contribution in [0.5, 0.6) is 5.88 Å². The van der Waals surface area contributed by atoms with E-state index in [1.165, 1.54) is 34.3 Å². The van der Waals surface area contributed by atoms with E-state index in [4.69, 9.17) is 9.84 Å². The Hall–Kier alpha value is -1.99. The summed E-state index contributed by atoms with van der Waals surface area (Å²) in [4.78, 5) is 8.43. The number of benzene rings is 1. The first-order valence-corrected chi connectivity index (χ1v) is 11.6. The molecule has 1 aliphatic rings. The highest BCUT2D eigenvalue weighted by atomic mass is 32.2. The highest BCUT2D eigenvalue weighted by Gasteiger charge is 2.33. The molecule has 1 saturated heterocycles. The number of aliphatic hydroxyl groups excluding tert-OH is 2. The fourth-order valence-corrected chi connectivity index (χ4v) is 4.80. The Balaban J connectivity index is 1.76. The third-order valence-electron chi connectivity index (χ3n) is 4.20. The first-order chi connectivity index (χ1) is 14.2. The van der Waals surface area contributed by atoms with Gasteiger partial charge < -0.3 is 14.9 Å². The van der Waals surface area contributed by atoms with Gasteiger partial charge in [0, 0.05) is 24.9 Å². The minimum absolute atomic E-state index is 0.0275. The molecule has 164 valence electrons. The lowest BCUT2D eigenvalue weighted by Gasteiger charge is -2.35. The molecule has 1 atom stereocenters. The van der Waals surface area contributed by atoms with Crippen LogP contribution in [-0.4, -0.2) is 65.3 Å². The summed E-state index contributed by atoms with van der Waals surface area (Å²) in [6.07, 6.45) is -1.10. The molecule has 0 spiro atoms. The zero-order chi connectivity index (χ0) is 21.7. The number of thioether (sulfide) groups is 1. The van der Waals surface area contributed by atoms with Gasteiger partial charge in [0.25, 0.3) is 0 Å². The summed E-state index contributed by atoms with van der Waals surface area (Å²) in [5, 5.41) is 18.7. The molecule has 0 saturated carbocycles. The van der Waals surface area contributed by atoms with Gasteiger partial charge >= 0.3 is 10.2 Å². The van der Waals surface area contributed by atoms with Gasteiger partial charge in [-0.2, -0.15) is 17.7 Å². The molecule has 0 radical (unpaired) electrons. The second kappa shape index (κ2) is 9.88. The van der Waals surface area contributed by atoms with Crippen molar-refractivity contribution in [2.75, 3.05) is 31.0 Å². The zero-order valence-electron chi connectivity index (χ0n) is 16.2. The summed E-state index contributed by atoms with van der Waals surface area (Å²) in [7, 11) is -3.75. The molecule has 0 bridgehead atoms. The summed E-state index contributed by atoms with van der Waals surface area (Å²) in [6, 6.07) is 7.27. The average molecular weight is 459 g/mol. The number of anilines is 1. The lowest BCUT2D eigenvalue weighted by Crippen LogP contribution is -2.50.